The first kappa shape index (κ1) is 13.2. The normalized spacial score (nSPS) is 10.3. The summed E-state index contributed by atoms with van der Waals surface area (Å²) in [5.41, 5.74) is 2.21. The molecule has 0 fully saturated rings. The quantitative estimate of drug-likeness (QED) is 0.874. The van der Waals surface area contributed by atoms with E-state index in [1.165, 1.54) is 0 Å². The molecule has 2 nitrogen and oxygen atoms in total. The SMILES string of the molecule is Cc1ccc(NC(=O)c2cc(F)ccc2F)c(C)c1. The highest BCUT2D eigenvalue weighted by molar-refractivity contribution is 6.04. The summed E-state index contributed by atoms with van der Waals surface area (Å²) in [6, 6.07) is 8.27. The molecule has 2 rings (SSSR count). The van der Waals surface area contributed by atoms with E-state index >= 15 is 0 Å². The number of hydrogen-bond donors (Lipinski definition) is 1. The number of benzene rings is 2. The van der Waals surface area contributed by atoms with E-state index in [1.807, 2.05) is 26.0 Å². The molecule has 0 aliphatic rings. The fraction of sp³-hybridized carbons (Fsp3) is 0.133. The Morgan fingerprint density at radius 3 is 2.47 bits per heavy atom. The summed E-state index contributed by atoms with van der Waals surface area (Å²) >= 11 is 0. The number of carbonyl (C=O) groups is 1. The summed E-state index contributed by atoms with van der Waals surface area (Å²) in [7, 11) is 0. The van der Waals surface area contributed by atoms with Gasteiger partial charge < -0.3 is 5.32 Å². The Morgan fingerprint density at radius 1 is 1.05 bits per heavy atom. The van der Waals surface area contributed by atoms with Crippen LogP contribution in [0, 0.1) is 25.5 Å². The molecule has 0 atom stereocenters. The topological polar surface area (TPSA) is 29.1 Å². The molecular formula is C15H13F2NO. The van der Waals surface area contributed by atoms with Crippen LogP contribution in [0.25, 0.3) is 0 Å². The molecule has 0 radical (unpaired) electrons. The van der Waals surface area contributed by atoms with Gasteiger partial charge in [-0.25, -0.2) is 8.78 Å². The van der Waals surface area contributed by atoms with Gasteiger partial charge in [0.1, 0.15) is 11.6 Å². The summed E-state index contributed by atoms with van der Waals surface area (Å²) in [6.45, 7) is 3.77. The molecule has 0 heterocycles. The summed E-state index contributed by atoms with van der Waals surface area (Å²) in [5, 5.41) is 2.58. The number of amides is 1. The zero-order valence-corrected chi connectivity index (χ0v) is 10.6. The van der Waals surface area contributed by atoms with E-state index in [1.54, 1.807) is 6.07 Å². The smallest absolute Gasteiger partial charge is 0.258 e. The number of halogens is 2. The van der Waals surface area contributed by atoms with Crippen LogP contribution in [-0.2, 0) is 0 Å². The van der Waals surface area contributed by atoms with Crippen molar-refractivity contribution in [2.75, 3.05) is 5.32 Å². The minimum atomic E-state index is -0.747. The molecule has 0 saturated heterocycles. The van der Waals surface area contributed by atoms with Crippen LogP contribution in [0.1, 0.15) is 21.5 Å². The van der Waals surface area contributed by atoms with Crippen molar-refractivity contribution in [3.63, 3.8) is 0 Å². The third kappa shape index (κ3) is 2.96. The second-order valence-electron chi connectivity index (χ2n) is 4.40. The van der Waals surface area contributed by atoms with Crippen LogP contribution in [0.5, 0.6) is 0 Å². The highest BCUT2D eigenvalue weighted by Gasteiger charge is 2.13. The van der Waals surface area contributed by atoms with Gasteiger partial charge in [0.2, 0.25) is 0 Å². The standard InChI is InChI=1S/C15H13F2NO/c1-9-3-6-14(10(2)7-9)18-15(19)12-8-11(16)4-5-13(12)17/h3-8H,1-2H3,(H,18,19). The largest absolute Gasteiger partial charge is 0.322 e. The van der Waals surface area contributed by atoms with E-state index in [9.17, 15) is 13.6 Å². The highest BCUT2D eigenvalue weighted by atomic mass is 19.1. The Morgan fingerprint density at radius 2 is 1.79 bits per heavy atom. The van der Waals surface area contributed by atoms with Crippen molar-refractivity contribution in [2.24, 2.45) is 0 Å². The molecule has 0 spiro atoms. The second kappa shape index (κ2) is 5.18. The van der Waals surface area contributed by atoms with Gasteiger partial charge in [0.15, 0.2) is 0 Å². The van der Waals surface area contributed by atoms with E-state index in [0.717, 1.165) is 29.3 Å². The van der Waals surface area contributed by atoms with Crippen LogP contribution in [0.3, 0.4) is 0 Å². The molecule has 98 valence electrons. The van der Waals surface area contributed by atoms with E-state index in [0.29, 0.717) is 5.69 Å². The third-order valence-electron chi connectivity index (χ3n) is 2.80. The first-order valence-corrected chi connectivity index (χ1v) is 5.81. The molecule has 0 aromatic heterocycles. The van der Waals surface area contributed by atoms with Gasteiger partial charge in [0.25, 0.3) is 5.91 Å². The van der Waals surface area contributed by atoms with Gasteiger partial charge in [-0.1, -0.05) is 17.7 Å². The fourth-order valence-corrected chi connectivity index (χ4v) is 1.81. The van der Waals surface area contributed by atoms with E-state index in [2.05, 4.69) is 5.32 Å². The highest BCUT2D eigenvalue weighted by Crippen LogP contribution is 2.18. The van der Waals surface area contributed by atoms with Crippen LogP contribution in [0.15, 0.2) is 36.4 Å². The van der Waals surface area contributed by atoms with Gasteiger partial charge in [0, 0.05) is 5.69 Å². The van der Waals surface area contributed by atoms with Gasteiger partial charge in [-0.2, -0.15) is 0 Å². The molecule has 0 unspecified atom stereocenters. The van der Waals surface area contributed by atoms with Crippen LogP contribution >= 0.6 is 0 Å². The first-order chi connectivity index (χ1) is 8.97. The number of anilines is 1. The Kier molecular flexibility index (Phi) is 3.60. The van der Waals surface area contributed by atoms with E-state index in [-0.39, 0.29) is 5.56 Å². The first-order valence-electron chi connectivity index (χ1n) is 5.81. The predicted molar refractivity (Wildman–Crippen MR) is 70.2 cm³/mol. The van der Waals surface area contributed by atoms with Crippen molar-refractivity contribution in [1.29, 1.82) is 0 Å². The number of nitrogens with one attached hydrogen (secondary N) is 1. The summed E-state index contributed by atoms with van der Waals surface area (Å²) in [6.07, 6.45) is 0. The number of hydrogen-bond acceptors (Lipinski definition) is 1. The Bertz CT molecular complexity index is 638. The van der Waals surface area contributed by atoms with Crippen molar-refractivity contribution in [3.8, 4) is 0 Å². The second-order valence-corrected chi connectivity index (χ2v) is 4.40. The Balaban J connectivity index is 2.28. The van der Waals surface area contributed by atoms with Crippen molar-refractivity contribution in [3.05, 3.63) is 64.7 Å². The Labute approximate surface area is 110 Å². The van der Waals surface area contributed by atoms with Gasteiger partial charge in [-0.3, -0.25) is 4.79 Å². The average molecular weight is 261 g/mol. The van der Waals surface area contributed by atoms with Crippen molar-refractivity contribution in [1.82, 2.24) is 0 Å². The molecule has 0 bridgehead atoms. The summed E-state index contributed by atoms with van der Waals surface area (Å²) in [4.78, 5) is 11.9. The lowest BCUT2D eigenvalue weighted by atomic mass is 10.1. The molecule has 0 aliphatic carbocycles. The molecule has 1 N–H and O–H groups in total. The summed E-state index contributed by atoms with van der Waals surface area (Å²) < 4.78 is 26.5. The van der Waals surface area contributed by atoms with E-state index < -0.39 is 17.5 Å². The molecule has 1 amide bonds. The maximum absolute atomic E-state index is 13.5. The van der Waals surface area contributed by atoms with Gasteiger partial charge >= 0.3 is 0 Å². The van der Waals surface area contributed by atoms with Crippen molar-refractivity contribution >= 4 is 11.6 Å². The van der Waals surface area contributed by atoms with Crippen LogP contribution in [0.4, 0.5) is 14.5 Å². The minimum absolute atomic E-state index is 0.306. The third-order valence-corrected chi connectivity index (χ3v) is 2.80. The number of carbonyl (C=O) groups excluding carboxylic acids is 1. The maximum Gasteiger partial charge on any atom is 0.258 e. The zero-order chi connectivity index (χ0) is 14.0. The lowest BCUT2D eigenvalue weighted by Gasteiger charge is -2.09. The molecule has 2 aromatic rings. The monoisotopic (exact) mass is 261 g/mol. The molecular weight excluding hydrogens is 248 g/mol. The minimum Gasteiger partial charge on any atom is -0.322 e. The zero-order valence-electron chi connectivity index (χ0n) is 10.6. The van der Waals surface area contributed by atoms with Gasteiger partial charge in [-0.15, -0.1) is 0 Å². The van der Waals surface area contributed by atoms with Crippen LogP contribution < -0.4 is 5.32 Å². The van der Waals surface area contributed by atoms with Crippen LogP contribution in [-0.4, -0.2) is 5.91 Å². The number of rotatable bonds is 2. The van der Waals surface area contributed by atoms with Gasteiger partial charge in [0.05, 0.1) is 5.56 Å². The number of aryl methyl sites for hydroxylation is 2. The molecule has 0 saturated carbocycles. The maximum atomic E-state index is 13.5. The molecule has 19 heavy (non-hydrogen) atoms. The van der Waals surface area contributed by atoms with Gasteiger partial charge in [-0.05, 0) is 43.7 Å². The molecule has 4 heteroatoms. The lowest BCUT2D eigenvalue weighted by molar-refractivity contribution is 0.102. The lowest BCUT2D eigenvalue weighted by Crippen LogP contribution is -2.14. The Hall–Kier alpha value is -2.23. The summed E-state index contributed by atoms with van der Waals surface area (Å²) in [5.74, 6) is -2.06. The van der Waals surface area contributed by atoms with Crippen molar-refractivity contribution < 1.29 is 13.6 Å². The van der Waals surface area contributed by atoms with E-state index in [4.69, 9.17) is 0 Å². The predicted octanol–water partition coefficient (Wildman–Crippen LogP) is 3.83. The van der Waals surface area contributed by atoms with Crippen LogP contribution in [0.2, 0.25) is 0 Å². The molecule has 2 aromatic carbocycles. The average Bonchev–Trinajstić information content (AvgIpc) is 2.35. The van der Waals surface area contributed by atoms with Crippen molar-refractivity contribution in [2.45, 2.75) is 13.8 Å². The fourth-order valence-electron chi connectivity index (χ4n) is 1.81. The molecule has 0 aliphatic heterocycles.